The molecule has 1 aliphatic heterocycles. The molecule has 1 fully saturated rings. The van der Waals surface area contributed by atoms with Gasteiger partial charge in [-0.15, -0.1) is 0 Å². The first-order valence-electron chi connectivity index (χ1n) is 8.47. The van der Waals surface area contributed by atoms with Crippen LogP contribution in [0.3, 0.4) is 0 Å². The van der Waals surface area contributed by atoms with Gasteiger partial charge in [0.05, 0.1) is 22.7 Å². The molecule has 154 valence electrons. The summed E-state index contributed by atoms with van der Waals surface area (Å²) in [7, 11) is -3.43. The van der Waals surface area contributed by atoms with Gasteiger partial charge in [0.1, 0.15) is 0 Å². The minimum absolute atomic E-state index is 0.0185. The highest BCUT2D eigenvalue weighted by Crippen LogP contribution is 2.34. The second kappa shape index (κ2) is 7.74. The summed E-state index contributed by atoms with van der Waals surface area (Å²) in [5.74, 6) is -2.46. The highest BCUT2D eigenvalue weighted by molar-refractivity contribution is 7.93. The molecule has 1 aliphatic rings. The second-order valence-corrected chi connectivity index (χ2v) is 8.26. The monoisotopic (exact) mass is 427 g/mol. The van der Waals surface area contributed by atoms with Gasteiger partial charge in [0, 0.05) is 12.2 Å². The Morgan fingerprint density at radius 2 is 1.66 bits per heavy atom. The summed E-state index contributed by atoms with van der Waals surface area (Å²) in [5.41, 5.74) is -1.17. The average Bonchev–Trinajstić information content (AvgIpc) is 3.00. The van der Waals surface area contributed by atoms with Gasteiger partial charge in [-0.05, 0) is 36.8 Å². The van der Waals surface area contributed by atoms with Crippen molar-refractivity contribution in [3.05, 3.63) is 54.1 Å². The van der Waals surface area contributed by atoms with Crippen LogP contribution in [0.1, 0.15) is 12.0 Å². The molecule has 0 bridgehead atoms. The molecule has 0 atom stereocenters. The third kappa shape index (κ3) is 4.67. The zero-order valence-electron chi connectivity index (χ0n) is 14.9. The van der Waals surface area contributed by atoms with Crippen LogP contribution < -0.4 is 14.9 Å². The van der Waals surface area contributed by atoms with Crippen LogP contribution in [0.15, 0.2) is 48.5 Å². The quantitative estimate of drug-likeness (QED) is 0.737. The van der Waals surface area contributed by atoms with E-state index in [-0.39, 0.29) is 11.4 Å². The Kier molecular flexibility index (Phi) is 5.51. The number of para-hydroxylation sites is 1. The van der Waals surface area contributed by atoms with Gasteiger partial charge in [0.15, 0.2) is 0 Å². The standard InChI is InChI=1S/C18H16F3N3O4S/c19-18(20,21)14-7-1-2-8-15(14)23-17(26)16(25)22-12-5-3-6-13(11-12)24-9-4-10-29(24,27)28/h1-3,5-8,11H,4,9-10H2,(H,22,25)(H,23,26). The molecule has 0 aromatic heterocycles. The van der Waals surface area contributed by atoms with E-state index in [2.05, 4.69) is 5.32 Å². The average molecular weight is 427 g/mol. The van der Waals surface area contributed by atoms with Crippen LogP contribution in [0.25, 0.3) is 0 Å². The van der Waals surface area contributed by atoms with E-state index in [1.807, 2.05) is 5.32 Å². The molecule has 7 nitrogen and oxygen atoms in total. The third-order valence-corrected chi connectivity index (χ3v) is 6.05. The number of carbonyl (C=O) groups excluding carboxylic acids is 2. The fourth-order valence-corrected chi connectivity index (χ4v) is 4.43. The second-order valence-electron chi connectivity index (χ2n) is 6.24. The number of alkyl halides is 3. The Bertz CT molecular complexity index is 1050. The predicted molar refractivity (Wildman–Crippen MR) is 101 cm³/mol. The Morgan fingerprint density at radius 3 is 2.31 bits per heavy atom. The van der Waals surface area contributed by atoms with E-state index in [1.54, 1.807) is 0 Å². The number of nitrogens with zero attached hydrogens (tertiary/aromatic N) is 1. The molecule has 0 unspecified atom stereocenters. The number of benzene rings is 2. The van der Waals surface area contributed by atoms with Gasteiger partial charge in [-0.25, -0.2) is 8.42 Å². The van der Waals surface area contributed by atoms with Gasteiger partial charge >= 0.3 is 18.0 Å². The SMILES string of the molecule is O=C(Nc1cccc(N2CCCS2(=O)=O)c1)C(=O)Nc1ccccc1C(F)(F)F. The van der Waals surface area contributed by atoms with Crippen LogP contribution >= 0.6 is 0 Å². The van der Waals surface area contributed by atoms with Gasteiger partial charge in [0.2, 0.25) is 10.0 Å². The lowest BCUT2D eigenvalue weighted by Gasteiger charge is -2.18. The minimum atomic E-state index is -4.70. The summed E-state index contributed by atoms with van der Waals surface area (Å²) >= 11 is 0. The zero-order valence-corrected chi connectivity index (χ0v) is 15.7. The fraction of sp³-hybridized carbons (Fsp3) is 0.222. The van der Waals surface area contributed by atoms with E-state index in [0.717, 1.165) is 18.2 Å². The molecule has 11 heteroatoms. The van der Waals surface area contributed by atoms with Crippen LogP contribution in [0, 0.1) is 0 Å². The Hall–Kier alpha value is -3.08. The highest BCUT2D eigenvalue weighted by atomic mass is 32.2. The van der Waals surface area contributed by atoms with Crippen molar-refractivity contribution in [2.75, 3.05) is 27.2 Å². The molecule has 2 aromatic carbocycles. The Labute approximate surface area is 164 Å². The number of rotatable bonds is 3. The van der Waals surface area contributed by atoms with Crippen LogP contribution in [0.4, 0.5) is 30.2 Å². The van der Waals surface area contributed by atoms with Gasteiger partial charge in [-0.1, -0.05) is 18.2 Å². The molecule has 1 heterocycles. The summed E-state index contributed by atoms with van der Waals surface area (Å²) < 4.78 is 64.2. The van der Waals surface area contributed by atoms with Crippen molar-refractivity contribution in [3.8, 4) is 0 Å². The molecule has 1 saturated heterocycles. The lowest BCUT2D eigenvalue weighted by Crippen LogP contribution is -2.30. The van der Waals surface area contributed by atoms with E-state index in [0.29, 0.717) is 18.7 Å². The summed E-state index contributed by atoms with van der Waals surface area (Å²) in [4.78, 5) is 24.1. The normalized spacial score (nSPS) is 15.8. The first-order valence-corrected chi connectivity index (χ1v) is 10.1. The van der Waals surface area contributed by atoms with Gasteiger partial charge in [-0.3, -0.25) is 13.9 Å². The van der Waals surface area contributed by atoms with E-state index >= 15 is 0 Å². The van der Waals surface area contributed by atoms with Crippen molar-refractivity contribution >= 4 is 38.9 Å². The molecule has 2 N–H and O–H groups in total. The largest absolute Gasteiger partial charge is 0.418 e. The molecule has 2 amide bonds. The molecular formula is C18H16F3N3O4S. The molecule has 29 heavy (non-hydrogen) atoms. The van der Waals surface area contributed by atoms with Gasteiger partial charge in [-0.2, -0.15) is 13.2 Å². The van der Waals surface area contributed by atoms with Crippen LogP contribution in [-0.2, 0) is 25.8 Å². The molecule has 0 saturated carbocycles. The van der Waals surface area contributed by atoms with Gasteiger partial charge < -0.3 is 10.6 Å². The first kappa shape index (κ1) is 20.6. The smallest absolute Gasteiger partial charge is 0.318 e. The first-order chi connectivity index (χ1) is 13.6. The lowest BCUT2D eigenvalue weighted by atomic mass is 10.1. The van der Waals surface area contributed by atoms with E-state index in [9.17, 15) is 31.2 Å². The number of hydrogen-bond acceptors (Lipinski definition) is 4. The lowest BCUT2D eigenvalue weighted by molar-refractivity contribution is -0.137. The van der Waals surface area contributed by atoms with Crippen LogP contribution in [0.5, 0.6) is 0 Å². The molecule has 2 aromatic rings. The van der Waals surface area contributed by atoms with Crippen molar-refractivity contribution in [1.29, 1.82) is 0 Å². The van der Waals surface area contributed by atoms with Crippen molar-refractivity contribution in [3.63, 3.8) is 0 Å². The summed E-state index contributed by atoms with van der Waals surface area (Å²) in [5, 5.41) is 4.20. The summed E-state index contributed by atoms with van der Waals surface area (Å²) in [6, 6.07) is 10.1. The van der Waals surface area contributed by atoms with Crippen molar-refractivity contribution in [1.82, 2.24) is 0 Å². The number of halogens is 3. The Morgan fingerprint density at radius 1 is 0.966 bits per heavy atom. The van der Waals surface area contributed by atoms with Crippen LogP contribution in [-0.4, -0.2) is 32.5 Å². The topological polar surface area (TPSA) is 95.6 Å². The van der Waals surface area contributed by atoms with Crippen molar-refractivity contribution < 1.29 is 31.2 Å². The summed E-state index contributed by atoms with van der Waals surface area (Å²) in [6.45, 7) is 0.300. The fourth-order valence-electron chi connectivity index (χ4n) is 2.87. The maximum Gasteiger partial charge on any atom is 0.418 e. The third-order valence-electron chi connectivity index (χ3n) is 4.18. The molecule has 3 rings (SSSR count). The van der Waals surface area contributed by atoms with E-state index < -0.39 is 39.3 Å². The van der Waals surface area contributed by atoms with Crippen LogP contribution in [0.2, 0.25) is 0 Å². The predicted octanol–water partition coefficient (Wildman–Crippen LogP) is 2.82. The van der Waals surface area contributed by atoms with Crippen molar-refractivity contribution in [2.24, 2.45) is 0 Å². The zero-order chi connectivity index (χ0) is 21.2. The molecule has 0 radical (unpaired) electrons. The number of carbonyl (C=O) groups is 2. The molecular weight excluding hydrogens is 411 g/mol. The number of hydrogen-bond donors (Lipinski definition) is 2. The maximum atomic E-state index is 13.0. The Balaban J connectivity index is 1.73. The van der Waals surface area contributed by atoms with E-state index in [4.69, 9.17) is 0 Å². The summed E-state index contributed by atoms with van der Waals surface area (Å²) in [6.07, 6.45) is -4.23. The minimum Gasteiger partial charge on any atom is -0.318 e. The number of sulfonamides is 1. The molecule has 0 spiro atoms. The highest BCUT2D eigenvalue weighted by Gasteiger charge is 2.34. The molecule has 0 aliphatic carbocycles. The van der Waals surface area contributed by atoms with Gasteiger partial charge in [0.25, 0.3) is 0 Å². The number of amides is 2. The number of anilines is 3. The number of nitrogens with one attached hydrogen (secondary N) is 2. The maximum absolute atomic E-state index is 13.0. The van der Waals surface area contributed by atoms with E-state index in [1.165, 1.54) is 34.6 Å². The van der Waals surface area contributed by atoms with Crippen molar-refractivity contribution in [2.45, 2.75) is 12.6 Å².